The third-order valence-electron chi connectivity index (χ3n) is 4.01. The van der Waals surface area contributed by atoms with Gasteiger partial charge in [-0.25, -0.2) is 9.66 Å². The molecular weight excluding hydrogens is 330 g/mol. The fraction of sp³-hybridized carbons (Fsp3) is 0.0526. The highest BCUT2D eigenvalue weighted by Crippen LogP contribution is 2.07. The van der Waals surface area contributed by atoms with Gasteiger partial charge in [-0.15, -0.1) is 0 Å². The van der Waals surface area contributed by atoms with Crippen molar-refractivity contribution in [3.8, 4) is 0 Å². The van der Waals surface area contributed by atoms with E-state index in [4.69, 9.17) is 0 Å². The first-order valence-electron chi connectivity index (χ1n) is 8.05. The van der Waals surface area contributed by atoms with Gasteiger partial charge in [-0.05, 0) is 35.9 Å². The third-order valence-corrected chi connectivity index (χ3v) is 4.01. The summed E-state index contributed by atoms with van der Waals surface area (Å²) in [6.07, 6.45) is 4.91. The first kappa shape index (κ1) is 15.8. The van der Waals surface area contributed by atoms with Crippen molar-refractivity contribution in [1.82, 2.24) is 19.4 Å². The molecule has 2 aromatic carbocycles. The Hall–Kier alpha value is -3.74. The van der Waals surface area contributed by atoms with Crippen molar-refractivity contribution in [2.75, 3.05) is 5.43 Å². The van der Waals surface area contributed by atoms with E-state index in [0.29, 0.717) is 23.0 Å². The maximum atomic E-state index is 12.4. The molecule has 0 fully saturated rings. The van der Waals surface area contributed by atoms with E-state index in [0.717, 1.165) is 10.2 Å². The molecule has 0 atom stereocenters. The Morgan fingerprint density at radius 1 is 1.04 bits per heavy atom. The van der Waals surface area contributed by atoms with E-state index in [9.17, 15) is 9.59 Å². The van der Waals surface area contributed by atoms with Gasteiger partial charge in [0.25, 0.3) is 11.5 Å². The van der Waals surface area contributed by atoms with Gasteiger partial charge in [0.2, 0.25) is 0 Å². The lowest BCUT2D eigenvalue weighted by atomic mass is 10.1. The largest absolute Gasteiger partial charge is 0.280 e. The van der Waals surface area contributed by atoms with Crippen molar-refractivity contribution < 1.29 is 4.79 Å². The number of carbonyl (C=O) groups excluding carboxylic acids is 1. The smallest absolute Gasteiger partial charge is 0.268 e. The molecule has 4 aromatic rings. The number of hydrogen-bond acceptors (Lipinski definition) is 4. The van der Waals surface area contributed by atoms with Crippen LogP contribution in [0.25, 0.3) is 10.9 Å². The second-order valence-electron chi connectivity index (χ2n) is 5.78. The van der Waals surface area contributed by atoms with Crippen LogP contribution >= 0.6 is 0 Å². The van der Waals surface area contributed by atoms with Gasteiger partial charge in [-0.2, -0.15) is 5.10 Å². The van der Waals surface area contributed by atoms with E-state index in [1.807, 2.05) is 30.5 Å². The van der Waals surface area contributed by atoms with Gasteiger partial charge in [0.15, 0.2) is 0 Å². The number of benzene rings is 2. The molecule has 7 nitrogen and oxygen atoms in total. The van der Waals surface area contributed by atoms with Crippen LogP contribution in [0.15, 0.2) is 78.1 Å². The van der Waals surface area contributed by atoms with Crippen LogP contribution in [0.1, 0.15) is 15.9 Å². The van der Waals surface area contributed by atoms with E-state index >= 15 is 0 Å². The van der Waals surface area contributed by atoms with Gasteiger partial charge in [0.05, 0.1) is 17.4 Å². The van der Waals surface area contributed by atoms with E-state index in [1.165, 1.54) is 6.33 Å². The molecule has 1 N–H and O–H groups in total. The highest BCUT2D eigenvalue weighted by molar-refractivity contribution is 6.00. The molecule has 0 radical (unpaired) electrons. The van der Waals surface area contributed by atoms with Crippen LogP contribution in [0.4, 0.5) is 0 Å². The molecule has 1 amide bonds. The van der Waals surface area contributed by atoms with Crippen molar-refractivity contribution >= 4 is 16.8 Å². The Morgan fingerprint density at radius 3 is 2.62 bits per heavy atom. The Kier molecular flexibility index (Phi) is 4.03. The molecular formula is C19H15N5O2. The standard InChI is InChI=1S/C19H15N5O2/c25-18(15-8-6-14(7-9-15)12-23-11-3-10-21-23)22-24-13-20-17-5-2-1-4-16(17)19(24)26/h1-11,13H,12H2,(H,22,25). The summed E-state index contributed by atoms with van der Waals surface area (Å²) < 4.78 is 2.90. The van der Waals surface area contributed by atoms with Crippen molar-refractivity contribution in [2.45, 2.75) is 6.54 Å². The molecule has 0 aliphatic rings. The minimum absolute atomic E-state index is 0.320. The number of carbonyl (C=O) groups is 1. The van der Waals surface area contributed by atoms with Crippen LogP contribution in [0.3, 0.4) is 0 Å². The number of rotatable bonds is 4. The average molecular weight is 345 g/mol. The van der Waals surface area contributed by atoms with Crippen LogP contribution in [0.5, 0.6) is 0 Å². The number of nitrogens with zero attached hydrogens (tertiary/aromatic N) is 4. The molecule has 0 aliphatic carbocycles. The zero-order valence-electron chi connectivity index (χ0n) is 13.7. The van der Waals surface area contributed by atoms with Gasteiger partial charge in [-0.3, -0.25) is 19.7 Å². The SMILES string of the molecule is O=C(Nn1cnc2ccccc2c1=O)c1ccc(Cn2cccn2)cc1. The minimum atomic E-state index is -0.380. The summed E-state index contributed by atoms with van der Waals surface area (Å²) in [5.41, 5.74) is 4.31. The molecule has 0 spiro atoms. The molecule has 4 rings (SSSR count). The normalized spacial score (nSPS) is 10.8. The van der Waals surface area contributed by atoms with Gasteiger partial charge in [-0.1, -0.05) is 24.3 Å². The Balaban J connectivity index is 1.53. The second-order valence-corrected chi connectivity index (χ2v) is 5.78. The van der Waals surface area contributed by atoms with Crippen LogP contribution in [-0.4, -0.2) is 25.3 Å². The van der Waals surface area contributed by atoms with Crippen LogP contribution in [0.2, 0.25) is 0 Å². The third kappa shape index (κ3) is 3.10. The number of aromatic nitrogens is 4. The Bertz CT molecular complexity index is 1110. The quantitative estimate of drug-likeness (QED) is 0.613. The van der Waals surface area contributed by atoms with E-state index < -0.39 is 0 Å². The van der Waals surface area contributed by atoms with Crippen molar-refractivity contribution in [3.05, 3.63) is 94.8 Å². The summed E-state index contributed by atoms with van der Waals surface area (Å²) in [5, 5.41) is 4.60. The summed E-state index contributed by atoms with van der Waals surface area (Å²) in [7, 11) is 0. The van der Waals surface area contributed by atoms with Gasteiger partial charge in [0, 0.05) is 18.0 Å². The van der Waals surface area contributed by atoms with Gasteiger partial charge in [0.1, 0.15) is 6.33 Å². The summed E-state index contributed by atoms with van der Waals surface area (Å²) in [4.78, 5) is 29.0. The molecule has 0 saturated heterocycles. The average Bonchev–Trinajstić information content (AvgIpc) is 3.18. The molecule has 2 aromatic heterocycles. The zero-order valence-corrected chi connectivity index (χ0v) is 13.7. The molecule has 7 heteroatoms. The van der Waals surface area contributed by atoms with Crippen LogP contribution < -0.4 is 11.0 Å². The molecule has 2 heterocycles. The second kappa shape index (κ2) is 6.64. The highest BCUT2D eigenvalue weighted by Gasteiger charge is 2.09. The van der Waals surface area contributed by atoms with Crippen molar-refractivity contribution in [3.63, 3.8) is 0 Å². The number of para-hydroxylation sites is 1. The molecule has 0 unspecified atom stereocenters. The van der Waals surface area contributed by atoms with Crippen LogP contribution in [0, 0.1) is 0 Å². The predicted octanol–water partition coefficient (Wildman–Crippen LogP) is 2.03. The molecule has 0 aliphatic heterocycles. The highest BCUT2D eigenvalue weighted by atomic mass is 16.2. The summed E-state index contributed by atoms with van der Waals surface area (Å²) >= 11 is 0. The number of hydrogen-bond donors (Lipinski definition) is 1. The number of nitrogens with one attached hydrogen (secondary N) is 1. The lowest BCUT2D eigenvalue weighted by molar-refractivity contribution is 0.101. The molecule has 128 valence electrons. The van der Waals surface area contributed by atoms with Gasteiger partial charge < -0.3 is 0 Å². The number of fused-ring (bicyclic) bond motifs is 1. The van der Waals surface area contributed by atoms with Gasteiger partial charge >= 0.3 is 0 Å². The Morgan fingerprint density at radius 2 is 1.85 bits per heavy atom. The monoisotopic (exact) mass is 345 g/mol. The molecule has 26 heavy (non-hydrogen) atoms. The minimum Gasteiger partial charge on any atom is -0.268 e. The topological polar surface area (TPSA) is 81.8 Å². The maximum absolute atomic E-state index is 12.4. The zero-order chi connectivity index (χ0) is 17.9. The summed E-state index contributed by atoms with van der Waals surface area (Å²) in [5.74, 6) is -0.380. The fourth-order valence-corrected chi connectivity index (χ4v) is 2.67. The summed E-state index contributed by atoms with van der Waals surface area (Å²) in [6.45, 7) is 0.628. The van der Waals surface area contributed by atoms with E-state index in [2.05, 4.69) is 15.5 Å². The lowest BCUT2D eigenvalue weighted by Crippen LogP contribution is -2.33. The molecule has 0 bridgehead atoms. The first-order chi connectivity index (χ1) is 12.7. The number of amides is 1. The van der Waals surface area contributed by atoms with Crippen molar-refractivity contribution in [1.29, 1.82) is 0 Å². The first-order valence-corrected chi connectivity index (χ1v) is 8.05. The van der Waals surface area contributed by atoms with Crippen molar-refractivity contribution in [2.24, 2.45) is 0 Å². The summed E-state index contributed by atoms with van der Waals surface area (Å²) in [6, 6.07) is 16.0. The Labute approximate surface area is 148 Å². The fourth-order valence-electron chi connectivity index (χ4n) is 2.67. The van der Waals surface area contributed by atoms with E-state index in [1.54, 1.807) is 41.2 Å². The molecule has 0 saturated carbocycles. The lowest BCUT2D eigenvalue weighted by Gasteiger charge is -2.09. The predicted molar refractivity (Wildman–Crippen MR) is 97.5 cm³/mol. The maximum Gasteiger partial charge on any atom is 0.280 e. The van der Waals surface area contributed by atoms with E-state index in [-0.39, 0.29) is 11.5 Å². The van der Waals surface area contributed by atoms with Crippen LogP contribution in [-0.2, 0) is 6.54 Å².